The molecule has 1 heterocycles. The number of nitrogens with one attached hydrogen (secondary N) is 2. The zero-order chi connectivity index (χ0) is 20.9. The normalized spacial score (nSPS) is 20.9. The number of benzene rings is 2. The maximum Gasteiger partial charge on any atom is 0.251 e. The second-order valence-corrected chi connectivity index (χ2v) is 8.67. The van der Waals surface area contributed by atoms with E-state index < -0.39 is 0 Å². The summed E-state index contributed by atoms with van der Waals surface area (Å²) in [6, 6.07) is 14.8. The molecule has 3 atom stereocenters. The summed E-state index contributed by atoms with van der Waals surface area (Å²) in [4.78, 5) is 12.2. The summed E-state index contributed by atoms with van der Waals surface area (Å²) in [6.45, 7) is 3.06. The highest BCUT2D eigenvalue weighted by atomic mass is 32.2. The van der Waals surface area contributed by atoms with Gasteiger partial charge in [-0.3, -0.25) is 9.93 Å². The Labute approximate surface area is 182 Å². The van der Waals surface area contributed by atoms with Crippen molar-refractivity contribution in [2.24, 2.45) is 5.14 Å². The van der Waals surface area contributed by atoms with Gasteiger partial charge in [0.1, 0.15) is 0 Å². The Balaban J connectivity index is 1.32. The van der Waals surface area contributed by atoms with Crippen molar-refractivity contribution in [3.8, 4) is 11.5 Å². The molecule has 4 N–H and O–H groups in total. The molecule has 1 saturated carbocycles. The molecule has 0 spiro atoms. The van der Waals surface area contributed by atoms with Gasteiger partial charge in [-0.05, 0) is 55.9 Å². The van der Waals surface area contributed by atoms with Crippen molar-refractivity contribution in [3.05, 3.63) is 59.2 Å². The van der Waals surface area contributed by atoms with Crippen LogP contribution in [0.2, 0.25) is 0 Å². The van der Waals surface area contributed by atoms with E-state index in [1.165, 1.54) is 17.5 Å². The van der Waals surface area contributed by atoms with Crippen LogP contribution in [0.1, 0.15) is 59.6 Å². The quantitative estimate of drug-likeness (QED) is 0.440. The van der Waals surface area contributed by atoms with Gasteiger partial charge >= 0.3 is 0 Å². The second-order valence-electron chi connectivity index (χ2n) is 7.92. The minimum absolute atomic E-state index is 0.0445. The number of carbonyl (C=O) groups excluding carboxylic acids is 1. The molecule has 1 aliphatic carbocycles. The highest BCUT2D eigenvalue weighted by Gasteiger charge is 2.28. The molecule has 2 aliphatic rings. The van der Waals surface area contributed by atoms with Crippen LogP contribution in [0.25, 0.3) is 0 Å². The van der Waals surface area contributed by atoms with Crippen molar-refractivity contribution < 1.29 is 14.3 Å². The highest BCUT2D eigenvalue weighted by Crippen LogP contribution is 2.40. The molecule has 4 rings (SSSR count). The number of amides is 1. The monoisotopic (exact) mass is 427 g/mol. The van der Waals surface area contributed by atoms with E-state index in [1.54, 1.807) is 0 Å². The fourth-order valence-electron chi connectivity index (χ4n) is 4.40. The molecule has 1 amide bonds. The molecule has 0 saturated heterocycles. The summed E-state index contributed by atoms with van der Waals surface area (Å²) >= 11 is 1.23. The van der Waals surface area contributed by atoms with E-state index in [1.807, 2.05) is 24.3 Å². The number of ether oxygens (including phenoxy) is 2. The number of nitrogens with two attached hydrogens (primary N) is 1. The average Bonchev–Trinajstić information content (AvgIpc) is 3.43. The third-order valence-corrected chi connectivity index (χ3v) is 6.40. The Hall–Kier alpha value is -2.22. The molecular formula is C23H29N3O3S. The van der Waals surface area contributed by atoms with Crippen LogP contribution in [0.4, 0.5) is 0 Å². The summed E-state index contributed by atoms with van der Waals surface area (Å²) < 4.78 is 11.2. The third-order valence-electron chi connectivity index (χ3n) is 5.96. The van der Waals surface area contributed by atoms with Crippen LogP contribution in [0.3, 0.4) is 0 Å². The summed E-state index contributed by atoms with van der Waals surface area (Å²) in [7, 11) is 0. The van der Waals surface area contributed by atoms with Crippen molar-refractivity contribution in [1.82, 2.24) is 10.6 Å². The summed E-state index contributed by atoms with van der Waals surface area (Å²) in [5.74, 6) is 2.88. The van der Waals surface area contributed by atoms with Crippen molar-refractivity contribution >= 4 is 17.9 Å². The van der Waals surface area contributed by atoms with Gasteiger partial charge in [-0.25, -0.2) is 0 Å². The van der Waals surface area contributed by atoms with Crippen molar-refractivity contribution in [3.63, 3.8) is 0 Å². The molecule has 30 heavy (non-hydrogen) atoms. The lowest BCUT2D eigenvalue weighted by Crippen LogP contribution is -2.29. The summed E-state index contributed by atoms with van der Waals surface area (Å²) in [5, 5.41) is 12.0. The lowest BCUT2D eigenvalue weighted by Gasteiger charge is -2.21. The molecule has 2 aromatic carbocycles. The van der Waals surface area contributed by atoms with E-state index in [0.717, 1.165) is 36.3 Å². The second kappa shape index (κ2) is 9.73. The first-order valence-electron chi connectivity index (χ1n) is 10.5. The number of fused-ring (bicyclic) bond motifs is 1. The van der Waals surface area contributed by atoms with Crippen LogP contribution in [-0.2, 0) is 0 Å². The average molecular weight is 428 g/mol. The van der Waals surface area contributed by atoms with E-state index in [0.29, 0.717) is 36.6 Å². The maximum absolute atomic E-state index is 12.2. The molecule has 1 aliphatic heterocycles. The SMILES string of the molecule is CC(NC1CCC(c2ccc(C(=O)NCCSN)cc2)C1)c1cccc2c1OCO2. The summed E-state index contributed by atoms with van der Waals surface area (Å²) in [6.07, 6.45) is 3.38. The van der Waals surface area contributed by atoms with Crippen LogP contribution >= 0.6 is 11.9 Å². The van der Waals surface area contributed by atoms with E-state index in [4.69, 9.17) is 14.6 Å². The molecule has 0 radical (unpaired) electrons. The van der Waals surface area contributed by atoms with E-state index in [2.05, 4.69) is 35.8 Å². The zero-order valence-electron chi connectivity index (χ0n) is 17.2. The van der Waals surface area contributed by atoms with Gasteiger partial charge in [-0.15, -0.1) is 0 Å². The van der Waals surface area contributed by atoms with Gasteiger partial charge in [0.25, 0.3) is 5.91 Å². The van der Waals surface area contributed by atoms with E-state index in [9.17, 15) is 4.79 Å². The number of rotatable bonds is 8. The van der Waals surface area contributed by atoms with E-state index >= 15 is 0 Å². The number of hydrogen-bond donors (Lipinski definition) is 3. The Morgan fingerprint density at radius 3 is 2.83 bits per heavy atom. The Morgan fingerprint density at radius 2 is 2.03 bits per heavy atom. The number of para-hydroxylation sites is 1. The molecule has 0 bridgehead atoms. The predicted molar refractivity (Wildman–Crippen MR) is 120 cm³/mol. The van der Waals surface area contributed by atoms with Gasteiger partial charge in [0, 0.05) is 35.5 Å². The first-order valence-corrected chi connectivity index (χ1v) is 11.5. The molecule has 3 unspecified atom stereocenters. The lowest BCUT2D eigenvalue weighted by molar-refractivity contribution is 0.0956. The van der Waals surface area contributed by atoms with Gasteiger partial charge in [0.2, 0.25) is 6.79 Å². The highest BCUT2D eigenvalue weighted by molar-refractivity contribution is 7.97. The van der Waals surface area contributed by atoms with Crippen LogP contribution in [0.15, 0.2) is 42.5 Å². The van der Waals surface area contributed by atoms with Gasteiger partial charge in [0.05, 0.1) is 0 Å². The van der Waals surface area contributed by atoms with E-state index in [-0.39, 0.29) is 11.9 Å². The molecule has 6 nitrogen and oxygen atoms in total. The molecular weight excluding hydrogens is 398 g/mol. The first kappa shape index (κ1) is 21.0. The molecule has 1 fully saturated rings. The standard InChI is InChI=1S/C23H29N3O3S/c1-15(20-3-2-4-21-22(20)29-14-28-21)26-19-10-9-18(13-19)16-5-7-17(8-6-16)23(27)25-11-12-30-24/h2-8,15,18-19,26H,9-14,24H2,1H3,(H,25,27). The fraction of sp³-hybridized carbons (Fsp3) is 0.435. The number of hydrogen-bond acceptors (Lipinski definition) is 6. The van der Waals surface area contributed by atoms with Crippen LogP contribution in [0, 0.1) is 0 Å². The third kappa shape index (κ3) is 4.74. The van der Waals surface area contributed by atoms with Crippen LogP contribution in [-0.4, -0.2) is 31.0 Å². The molecule has 2 aromatic rings. The first-order chi connectivity index (χ1) is 14.7. The van der Waals surface area contributed by atoms with Crippen molar-refractivity contribution in [2.45, 2.75) is 44.2 Å². The Bertz CT molecular complexity index is 874. The molecule has 160 valence electrons. The molecule has 7 heteroatoms. The van der Waals surface area contributed by atoms with Crippen LogP contribution < -0.4 is 25.2 Å². The van der Waals surface area contributed by atoms with Crippen LogP contribution in [0.5, 0.6) is 11.5 Å². The smallest absolute Gasteiger partial charge is 0.251 e. The summed E-state index contributed by atoms with van der Waals surface area (Å²) in [5.41, 5.74) is 3.15. The Morgan fingerprint density at radius 1 is 1.20 bits per heavy atom. The predicted octanol–water partition coefficient (Wildman–Crippen LogP) is 3.74. The Kier molecular flexibility index (Phi) is 6.82. The topological polar surface area (TPSA) is 85.6 Å². The van der Waals surface area contributed by atoms with Gasteiger partial charge in [-0.1, -0.05) is 36.2 Å². The minimum atomic E-state index is -0.0445. The zero-order valence-corrected chi connectivity index (χ0v) is 18.0. The van der Waals surface area contributed by atoms with Gasteiger partial charge < -0.3 is 20.1 Å². The lowest BCUT2D eigenvalue weighted by atomic mass is 9.96. The van der Waals surface area contributed by atoms with Gasteiger partial charge in [0.15, 0.2) is 11.5 Å². The maximum atomic E-state index is 12.2. The number of carbonyl (C=O) groups is 1. The van der Waals surface area contributed by atoms with Gasteiger partial charge in [-0.2, -0.15) is 0 Å². The van der Waals surface area contributed by atoms with Crippen molar-refractivity contribution in [1.29, 1.82) is 0 Å². The minimum Gasteiger partial charge on any atom is -0.454 e. The largest absolute Gasteiger partial charge is 0.454 e. The van der Waals surface area contributed by atoms with Crippen molar-refractivity contribution in [2.75, 3.05) is 19.1 Å². The fourth-order valence-corrected chi connectivity index (χ4v) is 4.62. The molecule has 0 aromatic heterocycles.